The van der Waals surface area contributed by atoms with Crippen LogP contribution in [-0.4, -0.2) is 153 Å². The molecule has 3 fully saturated rings. The summed E-state index contributed by atoms with van der Waals surface area (Å²) in [5, 5.41) is 83.9. The van der Waals surface area contributed by atoms with Gasteiger partial charge in [0.25, 0.3) is 0 Å². The lowest BCUT2D eigenvalue weighted by Crippen LogP contribution is -2.70. The van der Waals surface area contributed by atoms with E-state index in [1.807, 2.05) is 0 Å². The lowest BCUT2D eigenvalue weighted by Gasteiger charge is -2.51. The van der Waals surface area contributed by atoms with Crippen LogP contribution in [-0.2, 0) is 34.1 Å². The molecule has 3 aliphatic rings. The Morgan fingerprint density at radius 1 is 0.795 bits per heavy atom. The molecule has 0 spiro atoms. The molecule has 0 radical (unpaired) electrons. The summed E-state index contributed by atoms with van der Waals surface area (Å²) in [7, 11) is 0. The highest BCUT2D eigenvalue weighted by Gasteiger charge is 2.57. The maximum atomic E-state index is 11.2. The van der Waals surface area contributed by atoms with E-state index < -0.39 is 111 Å². The van der Waals surface area contributed by atoms with E-state index in [9.17, 15) is 45.6 Å². The van der Waals surface area contributed by atoms with Gasteiger partial charge in [0, 0.05) is 0 Å². The van der Waals surface area contributed by atoms with Crippen molar-refractivity contribution in [3.8, 4) is 0 Å². The number of hydrogen-bond donors (Lipinski definition) is 11. The fraction of sp³-hybridized carbons (Fsp3) is 0.667. The number of hydrogen-bond acceptors (Lipinski definition) is 17. The van der Waals surface area contributed by atoms with Crippen LogP contribution in [0, 0.1) is 0 Å². The summed E-state index contributed by atoms with van der Waals surface area (Å²) in [4.78, 5) is 11.0. The number of nitrogens with two attached hydrogens (primary N) is 3. The normalized spacial score (nSPS) is 45.0. The molecule has 0 saturated carbocycles. The van der Waals surface area contributed by atoms with Gasteiger partial charge in [-0.15, -0.1) is 0 Å². The topological polar surface area (TPSA) is 303 Å². The van der Waals surface area contributed by atoms with Crippen molar-refractivity contribution in [1.82, 2.24) is 0 Å². The predicted octanol–water partition coefficient (Wildman–Crippen LogP) is -5.93. The molecule has 3 heterocycles. The lowest BCUT2D eigenvalue weighted by atomic mass is 9.79. The van der Waals surface area contributed by atoms with Gasteiger partial charge in [-0.25, -0.2) is 0 Å². The van der Waals surface area contributed by atoms with Gasteiger partial charge < -0.3 is 81.7 Å². The standard InChI is InChI=1S/C27H41N3O14/c28-15-18(35)21(13(8-32)40-24(15)39)42-25-16(29)19(36)22(14(9-33)41-25)43-26-17(30)20(37)23(38)27(10-34,44-26)12-6-2-1-4-11(12)5-3-7-31/h1-7,13-26,32-39H,8-10,28-30H2/b5-3+/t13-,14-,15-,16-,17-,18-,19-,20-,21?,22?,23+,24-,25+,26+,27+/m1/s1. The van der Waals surface area contributed by atoms with Crippen LogP contribution in [0.15, 0.2) is 30.3 Å². The van der Waals surface area contributed by atoms with Crippen molar-refractivity contribution in [2.24, 2.45) is 17.2 Å². The molecule has 14 N–H and O–H groups in total. The average Bonchev–Trinajstić information content (AvgIpc) is 3.03. The van der Waals surface area contributed by atoms with Crippen molar-refractivity contribution in [2.45, 2.75) is 91.4 Å². The minimum absolute atomic E-state index is 0.187. The van der Waals surface area contributed by atoms with E-state index in [-0.39, 0.29) is 5.56 Å². The Labute approximate surface area is 251 Å². The van der Waals surface area contributed by atoms with Crippen LogP contribution in [0.3, 0.4) is 0 Å². The highest BCUT2D eigenvalue weighted by Crippen LogP contribution is 2.41. The molecule has 44 heavy (non-hydrogen) atoms. The van der Waals surface area contributed by atoms with Gasteiger partial charge in [0.1, 0.15) is 60.7 Å². The number of ether oxygens (including phenoxy) is 5. The third-order valence-corrected chi connectivity index (χ3v) is 8.25. The Kier molecular flexibility index (Phi) is 11.6. The van der Waals surface area contributed by atoms with E-state index in [0.717, 1.165) is 0 Å². The van der Waals surface area contributed by atoms with Gasteiger partial charge in [-0.05, 0) is 17.2 Å². The molecular weight excluding hydrogens is 590 g/mol. The first kappa shape index (κ1) is 34.9. The summed E-state index contributed by atoms with van der Waals surface area (Å²) in [6.07, 6.45) is -13.7. The molecule has 17 nitrogen and oxygen atoms in total. The maximum Gasteiger partial charge on any atom is 0.177 e. The Morgan fingerprint density at radius 2 is 1.36 bits per heavy atom. The number of aliphatic hydroxyl groups excluding tert-OH is 8. The van der Waals surface area contributed by atoms with Crippen molar-refractivity contribution in [1.29, 1.82) is 0 Å². The van der Waals surface area contributed by atoms with Crippen LogP contribution in [0.4, 0.5) is 0 Å². The van der Waals surface area contributed by atoms with Crippen molar-refractivity contribution >= 4 is 12.4 Å². The van der Waals surface area contributed by atoms with E-state index in [0.29, 0.717) is 11.8 Å². The minimum atomic E-state index is -2.02. The molecule has 15 atom stereocenters. The molecule has 3 aliphatic heterocycles. The number of aldehydes is 1. The number of carbonyl (C=O) groups excluding carboxylic acids is 1. The van der Waals surface area contributed by atoms with Crippen molar-refractivity contribution in [3.63, 3.8) is 0 Å². The highest BCUT2D eigenvalue weighted by atomic mass is 16.7. The molecule has 2 unspecified atom stereocenters. The molecule has 0 aromatic heterocycles. The molecule has 248 valence electrons. The number of aliphatic hydroxyl groups is 8. The molecule has 0 amide bonds. The zero-order valence-electron chi connectivity index (χ0n) is 23.5. The summed E-state index contributed by atoms with van der Waals surface area (Å²) in [5.74, 6) is 0. The summed E-state index contributed by atoms with van der Waals surface area (Å²) in [5.41, 5.74) is 16.6. The van der Waals surface area contributed by atoms with Gasteiger partial charge >= 0.3 is 0 Å². The summed E-state index contributed by atoms with van der Waals surface area (Å²) in [6, 6.07) is 2.16. The molecule has 3 saturated heterocycles. The van der Waals surface area contributed by atoms with E-state index in [1.54, 1.807) is 18.2 Å². The summed E-state index contributed by atoms with van der Waals surface area (Å²) >= 11 is 0. The minimum Gasteiger partial charge on any atom is -0.394 e. The molecule has 0 bridgehead atoms. The quantitative estimate of drug-likeness (QED) is 0.0846. The van der Waals surface area contributed by atoms with Crippen LogP contribution < -0.4 is 17.2 Å². The van der Waals surface area contributed by atoms with Crippen LogP contribution in [0.25, 0.3) is 6.08 Å². The third kappa shape index (κ3) is 6.46. The Hall–Kier alpha value is -2.01. The van der Waals surface area contributed by atoms with Crippen LogP contribution in [0.2, 0.25) is 0 Å². The largest absolute Gasteiger partial charge is 0.394 e. The Morgan fingerprint density at radius 3 is 1.98 bits per heavy atom. The Balaban J connectivity index is 1.58. The van der Waals surface area contributed by atoms with Crippen molar-refractivity contribution < 1.29 is 69.3 Å². The first-order valence-electron chi connectivity index (χ1n) is 14.0. The smallest absolute Gasteiger partial charge is 0.177 e. The molecule has 4 rings (SSSR count). The highest BCUT2D eigenvalue weighted by molar-refractivity contribution is 5.75. The van der Waals surface area contributed by atoms with Crippen molar-refractivity contribution in [2.75, 3.05) is 19.8 Å². The number of rotatable bonds is 10. The van der Waals surface area contributed by atoms with Gasteiger partial charge in [0.05, 0.1) is 37.9 Å². The van der Waals surface area contributed by atoms with Gasteiger partial charge in [0.2, 0.25) is 0 Å². The van der Waals surface area contributed by atoms with Gasteiger partial charge in [-0.1, -0.05) is 30.3 Å². The zero-order valence-corrected chi connectivity index (χ0v) is 23.5. The maximum absolute atomic E-state index is 11.2. The number of benzene rings is 1. The van der Waals surface area contributed by atoms with Crippen molar-refractivity contribution in [3.05, 3.63) is 41.5 Å². The fourth-order valence-corrected chi connectivity index (χ4v) is 5.69. The monoisotopic (exact) mass is 631 g/mol. The number of allylic oxidation sites excluding steroid dienone is 1. The van der Waals surface area contributed by atoms with E-state index >= 15 is 0 Å². The van der Waals surface area contributed by atoms with E-state index in [4.69, 9.17) is 40.9 Å². The van der Waals surface area contributed by atoms with Crippen LogP contribution in [0.5, 0.6) is 0 Å². The second kappa shape index (κ2) is 14.6. The van der Waals surface area contributed by atoms with Crippen LogP contribution >= 0.6 is 0 Å². The lowest BCUT2D eigenvalue weighted by molar-refractivity contribution is -0.363. The van der Waals surface area contributed by atoms with Gasteiger partial charge in [-0.2, -0.15) is 0 Å². The molecular formula is C27H41N3O14. The van der Waals surface area contributed by atoms with E-state index in [1.165, 1.54) is 18.2 Å². The fourth-order valence-electron chi connectivity index (χ4n) is 5.69. The van der Waals surface area contributed by atoms with Gasteiger partial charge in [-0.3, -0.25) is 4.79 Å². The SMILES string of the molecule is N[C@H]1[C@@H](OC2[C@@H](CO)O[C@@H](OC3[C@@H](CO)O[C@@H](O)[C@H](N)[C@H]3O)[C@H](N)[C@H]2O)O[C@@](CO)(c2ccccc2/C=C/C=O)[C@@H](O)[C@@H]1O. The molecule has 1 aromatic rings. The molecule has 1 aromatic carbocycles. The number of carbonyl (C=O) groups is 1. The molecule has 0 aliphatic carbocycles. The first-order valence-corrected chi connectivity index (χ1v) is 14.0. The zero-order chi connectivity index (χ0) is 32.3. The second-order valence-corrected chi connectivity index (χ2v) is 10.9. The third-order valence-electron chi connectivity index (χ3n) is 8.25. The average molecular weight is 632 g/mol. The second-order valence-electron chi connectivity index (χ2n) is 10.9. The van der Waals surface area contributed by atoms with Crippen LogP contribution in [0.1, 0.15) is 11.1 Å². The van der Waals surface area contributed by atoms with E-state index in [2.05, 4.69) is 0 Å². The summed E-state index contributed by atoms with van der Waals surface area (Å²) < 4.78 is 28.7. The summed E-state index contributed by atoms with van der Waals surface area (Å²) in [6.45, 7) is -2.32. The van der Waals surface area contributed by atoms with Gasteiger partial charge in [0.15, 0.2) is 18.9 Å². The first-order chi connectivity index (χ1) is 20.9. The predicted molar refractivity (Wildman–Crippen MR) is 147 cm³/mol. The Bertz CT molecular complexity index is 1130. The molecule has 17 heteroatoms.